The summed E-state index contributed by atoms with van der Waals surface area (Å²) in [6.45, 7) is 0.0606. The summed E-state index contributed by atoms with van der Waals surface area (Å²) in [6, 6.07) is 20.0. The summed E-state index contributed by atoms with van der Waals surface area (Å²) < 4.78 is 11.5. The van der Waals surface area contributed by atoms with Gasteiger partial charge in [0, 0.05) is 27.9 Å². The van der Waals surface area contributed by atoms with Crippen LogP contribution in [0.1, 0.15) is 29.4 Å². The highest BCUT2D eigenvalue weighted by Gasteiger charge is 2.24. The first-order valence-corrected chi connectivity index (χ1v) is 14.5. The average Bonchev–Trinajstić information content (AvgIpc) is 3.74. The summed E-state index contributed by atoms with van der Waals surface area (Å²) >= 11 is 12.7. The second kappa shape index (κ2) is 15.0. The zero-order valence-corrected chi connectivity index (χ0v) is 25.7. The molecule has 2 aromatic heterocycles. The average molecular weight is 662 g/mol. The van der Waals surface area contributed by atoms with E-state index in [1.807, 2.05) is 30.3 Å². The van der Waals surface area contributed by atoms with Gasteiger partial charge in [0.15, 0.2) is 0 Å². The number of aromatic nitrogens is 6. The zero-order valence-electron chi connectivity index (χ0n) is 24.2. The van der Waals surface area contributed by atoms with Gasteiger partial charge < -0.3 is 19.8 Å². The number of esters is 1. The Labute approximate surface area is 272 Å². The molecule has 0 bridgehead atoms. The third-order valence-corrected chi connectivity index (χ3v) is 7.04. The minimum absolute atomic E-state index is 0.0606. The summed E-state index contributed by atoms with van der Waals surface area (Å²) in [4.78, 5) is 45.2. The number of imidazole rings is 1. The molecule has 5 aromatic rings. The molecule has 15 heteroatoms. The lowest BCUT2D eigenvalue weighted by Gasteiger charge is -2.15. The molecule has 46 heavy (non-hydrogen) atoms. The van der Waals surface area contributed by atoms with Crippen molar-refractivity contribution in [1.29, 1.82) is 0 Å². The Morgan fingerprint density at radius 1 is 1.04 bits per heavy atom. The van der Waals surface area contributed by atoms with Gasteiger partial charge in [-0.25, -0.2) is 9.78 Å². The van der Waals surface area contributed by atoms with Crippen LogP contribution in [0, 0.1) is 0 Å². The minimum atomic E-state index is -0.940. The largest absolute Gasteiger partial charge is 0.461 e. The lowest BCUT2D eigenvalue weighted by atomic mass is 10.1. The van der Waals surface area contributed by atoms with Gasteiger partial charge in [-0.1, -0.05) is 65.7 Å². The van der Waals surface area contributed by atoms with Crippen LogP contribution in [0.25, 0.3) is 23.0 Å². The summed E-state index contributed by atoms with van der Waals surface area (Å²) in [6.07, 6.45) is 3.40. The highest BCUT2D eigenvalue weighted by Crippen LogP contribution is 2.29. The maximum Gasteiger partial charge on any atom is 0.411 e. The molecule has 5 rings (SSSR count). The number of amides is 2. The van der Waals surface area contributed by atoms with Crippen molar-refractivity contribution in [2.45, 2.75) is 19.1 Å². The molecular weight excluding hydrogens is 635 g/mol. The number of rotatable bonds is 11. The fourth-order valence-electron chi connectivity index (χ4n) is 4.31. The van der Waals surface area contributed by atoms with Crippen molar-refractivity contribution in [1.82, 2.24) is 35.5 Å². The monoisotopic (exact) mass is 660 g/mol. The lowest BCUT2D eigenvalue weighted by molar-refractivity contribution is -0.145. The van der Waals surface area contributed by atoms with E-state index in [4.69, 9.17) is 27.9 Å². The van der Waals surface area contributed by atoms with Crippen LogP contribution in [-0.2, 0) is 25.7 Å². The van der Waals surface area contributed by atoms with Crippen molar-refractivity contribution in [3.63, 3.8) is 0 Å². The topological polar surface area (TPSA) is 166 Å². The van der Waals surface area contributed by atoms with Gasteiger partial charge in [-0.3, -0.25) is 14.9 Å². The van der Waals surface area contributed by atoms with Crippen LogP contribution < -0.4 is 10.6 Å². The van der Waals surface area contributed by atoms with Crippen molar-refractivity contribution in [2.24, 2.45) is 0 Å². The molecule has 0 saturated carbocycles. The normalized spacial score (nSPS) is 11.6. The van der Waals surface area contributed by atoms with Crippen molar-refractivity contribution in [2.75, 3.05) is 12.4 Å². The molecular formula is C31H26Cl2N8O5. The third kappa shape index (κ3) is 8.34. The molecule has 0 aliphatic rings. The van der Waals surface area contributed by atoms with Crippen LogP contribution in [0.15, 0.2) is 85.2 Å². The Morgan fingerprint density at radius 2 is 1.83 bits per heavy atom. The Kier molecular flexibility index (Phi) is 10.4. The maximum atomic E-state index is 13.2. The molecule has 0 radical (unpaired) electrons. The quantitative estimate of drug-likeness (QED) is 0.122. The zero-order chi connectivity index (χ0) is 32.5. The maximum absolute atomic E-state index is 13.2. The molecule has 3 aromatic carbocycles. The van der Waals surface area contributed by atoms with Crippen molar-refractivity contribution >= 4 is 52.9 Å². The number of nitrogens with zero attached hydrogens (tertiary/aromatic N) is 5. The number of anilines is 1. The predicted octanol–water partition coefficient (Wildman–Crippen LogP) is 5.54. The Bertz CT molecular complexity index is 1840. The number of hydrogen-bond acceptors (Lipinski definition) is 9. The number of nitrogens with one attached hydrogen (secondary N) is 3. The van der Waals surface area contributed by atoms with E-state index >= 15 is 0 Å². The van der Waals surface area contributed by atoms with Crippen LogP contribution >= 0.6 is 23.2 Å². The first-order chi connectivity index (χ1) is 22.3. The molecule has 0 fully saturated rings. The Hall–Kier alpha value is -5.53. The molecule has 0 spiro atoms. The molecule has 2 amide bonds. The number of methoxy groups -OCH3 is 1. The standard InChI is InChI=1S/C31H26Cl2N8O5/c1-45-31(44)35-23-11-7-20(8-12-23)28-29(33)38-30(37-28)24(16-27(43)46-17-19-5-3-2-4-6-19)36-26(42)14-9-21-15-22(32)10-13-25(21)41-18-34-39-40-41/h2-15,18,24H,16-17H2,1H3,(H,35,44)(H,36,42)(H,37,38)/t24-/m0/s1. The first-order valence-electron chi connectivity index (χ1n) is 13.7. The molecule has 2 heterocycles. The number of halogens is 2. The van der Waals surface area contributed by atoms with E-state index in [0.29, 0.717) is 33.2 Å². The van der Waals surface area contributed by atoms with E-state index in [9.17, 15) is 14.4 Å². The number of benzene rings is 3. The van der Waals surface area contributed by atoms with Crippen LogP contribution in [0.5, 0.6) is 0 Å². The third-order valence-electron chi connectivity index (χ3n) is 6.53. The van der Waals surface area contributed by atoms with Gasteiger partial charge >= 0.3 is 12.1 Å². The van der Waals surface area contributed by atoms with Crippen molar-refractivity contribution in [3.8, 4) is 16.9 Å². The summed E-state index contributed by atoms with van der Waals surface area (Å²) in [7, 11) is 1.27. The number of carbonyl (C=O) groups is 3. The fraction of sp³-hybridized carbons (Fsp3) is 0.129. The van der Waals surface area contributed by atoms with Crippen LogP contribution in [-0.4, -0.2) is 55.3 Å². The second-order valence-corrected chi connectivity index (χ2v) is 10.5. The van der Waals surface area contributed by atoms with Gasteiger partial charge in [0.05, 0.1) is 25.3 Å². The van der Waals surface area contributed by atoms with Gasteiger partial charge in [-0.2, -0.15) is 4.68 Å². The SMILES string of the molecule is COC(=O)Nc1ccc(-c2nc([C@H](CC(=O)OCc3ccccc3)NC(=O)C=Cc3cc(Cl)ccc3-n3cnnn3)[nH]c2Cl)cc1. The minimum Gasteiger partial charge on any atom is -0.461 e. The van der Waals surface area contributed by atoms with E-state index in [1.54, 1.807) is 48.5 Å². The molecule has 234 valence electrons. The van der Waals surface area contributed by atoms with E-state index in [0.717, 1.165) is 5.56 Å². The lowest BCUT2D eigenvalue weighted by Crippen LogP contribution is -2.30. The summed E-state index contributed by atoms with van der Waals surface area (Å²) in [5.74, 6) is -0.871. The number of H-pyrrole nitrogens is 1. The highest BCUT2D eigenvalue weighted by molar-refractivity contribution is 6.32. The Morgan fingerprint density at radius 3 is 2.54 bits per heavy atom. The molecule has 0 saturated heterocycles. The molecule has 1 atom stereocenters. The molecule has 13 nitrogen and oxygen atoms in total. The van der Waals surface area contributed by atoms with E-state index in [-0.39, 0.29) is 24.0 Å². The van der Waals surface area contributed by atoms with E-state index < -0.39 is 24.0 Å². The number of hydrogen-bond donors (Lipinski definition) is 3. The number of ether oxygens (including phenoxy) is 2. The molecule has 0 unspecified atom stereocenters. The fourth-order valence-corrected chi connectivity index (χ4v) is 4.74. The van der Waals surface area contributed by atoms with Gasteiger partial charge in [0.1, 0.15) is 29.6 Å². The number of carbonyl (C=O) groups excluding carboxylic acids is 3. The predicted molar refractivity (Wildman–Crippen MR) is 170 cm³/mol. The summed E-state index contributed by atoms with van der Waals surface area (Å²) in [5.41, 5.74) is 3.47. The second-order valence-electron chi connectivity index (χ2n) is 9.68. The Balaban J connectivity index is 1.37. The van der Waals surface area contributed by atoms with Gasteiger partial charge in [-0.05, 0) is 52.4 Å². The molecule has 3 N–H and O–H groups in total. The van der Waals surface area contributed by atoms with Crippen LogP contribution in [0.4, 0.5) is 10.5 Å². The van der Waals surface area contributed by atoms with Crippen LogP contribution in [0.3, 0.4) is 0 Å². The van der Waals surface area contributed by atoms with Crippen LogP contribution in [0.2, 0.25) is 10.2 Å². The number of tetrazole rings is 1. The van der Waals surface area contributed by atoms with Crippen molar-refractivity contribution < 1.29 is 23.9 Å². The molecule has 0 aliphatic carbocycles. The van der Waals surface area contributed by atoms with Gasteiger partial charge in [0.25, 0.3) is 0 Å². The molecule has 0 aliphatic heterocycles. The van der Waals surface area contributed by atoms with Gasteiger partial charge in [-0.15, -0.1) is 5.10 Å². The van der Waals surface area contributed by atoms with Gasteiger partial charge in [0.2, 0.25) is 5.91 Å². The summed E-state index contributed by atoms with van der Waals surface area (Å²) in [5, 5.41) is 17.2. The number of aromatic amines is 1. The van der Waals surface area contributed by atoms with Crippen molar-refractivity contribution in [3.05, 3.63) is 112 Å². The highest BCUT2D eigenvalue weighted by atomic mass is 35.5. The van der Waals surface area contributed by atoms with E-state index in [2.05, 4.69) is 40.9 Å². The smallest absolute Gasteiger partial charge is 0.411 e. The van der Waals surface area contributed by atoms with E-state index in [1.165, 1.54) is 24.2 Å². The first kappa shape index (κ1) is 31.9.